The van der Waals surface area contributed by atoms with Gasteiger partial charge in [0.05, 0.1) is 0 Å². The fourth-order valence-electron chi connectivity index (χ4n) is 0.329. The Kier molecular flexibility index (Phi) is 40.1. The Morgan fingerprint density at radius 1 is 1.31 bits per heavy atom. The number of aliphatic carboxylic acids is 1. The van der Waals surface area contributed by atoms with Crippen molar-refractivity contribution in [3.63, 3.8) is 0 Å². The molecule has 7 heteroatoms. The van der Waals surface area contributed by atoms with Crippen LogP contribution in [0, 0.1) is 0 Å². The van der Waals surface area contributed by atoms with E-state index in [9.17, 15) is 0 Å². The molecule has 0 saturated heterocycles. The molecule has 0 unspecified atom stereocenters. The maximum Gasteiger partial charge on any atom is 0.0383 e. The van der Waals surface area contributed by atoms with Gasteiger partial charge in [-0.1, -0.05) is 0 Å². The first kappa shape index (κ1) is 23.0. The molecular weight excluding hydrogens is 216 g/mol. The number of nitrogens with one attached hydrogen (secondary N) is 1. The van der Waals surface area contributed by atoms with Gasteiger partial charge >= 0.3 is 0 Å². The molecule has 0 saturated carbocycles. The van der Waals surface area contributed by atoms with E-state index >= 15 is 0 Å². The Hall–Kier alpha value is -0.171. The molecule has 0 atom stereocenters. The van der Waals surface area contributed by atoms with Crippen LogP contribution in [0.4, 0.5) is 0 Å². The molecule has 6 nitrogen and oxygen atoms in total. The smallest absolute Gasteiger partial charge is 0.0383 e. The van der Waals surface area contributed by atoms with Crippen molar-refractivity contribution in [2.24, 2.45) is 11.5 Å². The molecular formula is C6H20FeN4O2. The Balaban J connectivity index is -0.0000000600. The van der Waals surface area contributed by atoms with E-state index in [0.29, 0.717) is 13.1 Å². The van der Waals surface area contributed by atoms with Crippen LogP contribution in [0.2, 0.25) is 0 Å². The SMILES string of the molecule is CC(=O)[O-].NCCNCCN.[Fe].[NH4+]. The summed E-state index contributed by atoms with van der Waals surface area (Å²) < 4.78 is 0. The van der Waals surface area contributed by atoms with Crippen LogP contribution < -0.4 is 28.0 Å². The van der Waals surface area contributed by atoms with E-state index in [1.807, 2.05) is 0 Å². The zero-order valence-corrected chi connectivity index (χ0v) is 9.26. The third-order valence-corrected chi connectivity index (χ3v) is 0.642. The molecule has 0 aromatic heterocycles. The fourth-order valence-corrected chi connectivity index (χ4v) is 0.329. The summed E-state index contributed by atoms with van der Waals surface area (Å²) in [5.41, 5.74) is 10.3. The zero-order valence-electron chi connectivity index (χ0n) is 8.15. The summed E-state index contributed by atoms with van der Waals surface area (Å²) in [6.07, 6.45) is 0. The van der Waals surface area contributed by atoms with Crippen LogP contribution in [0.5, 0.6) is 0 Å². The van der Waals surface area contributed by atoms with E-state index in [4.69, 9.17) is 21.4 Å². The average molecular weight is 236 g/mol. The quantitative estimate of drug-likeness (QED) is 0.318. The molecule has 0 aliphatic rings. The normalized spacial score (nSPS) is 7.00. The molecule has 0 rings (SSSR count). The minimum absolute atomic E-state index is 0. The van der Waals surface area contributed by atoms with Crippen molar-refractivity contribution >= 4 is 5.97 Å². The van der Waals surface area contributed by atoms with Crippen molar-refractivity contribution in [1.82, 2.24) is 11.5 Å². The number of quaternary nitrogens is 1. The van der Waals surface area contributed by atoms with Crippen LogP contribution in [0.1, 0.15) is 6.92 Å². The average Bonchev–Trinajstić information content (AvgIpc) is 1.88. The summed E-state index contributed by atoms with van der Waals surface area (Å²) in [6, 6.07) is 0. The third kappa shape index (κ3) is 77.9. The molecule has 0 radical (unpaired) electrons. The van der Waals surface area contributed by atoms with Gasteiger partial charge in [-0.25, -0.2) is 0 Å². The number of hydrogen-bond donors (Lipinski definition) is 4. The molecule has 0 spiro atoms. The number of carbonyl (C=O) groups is 1. The maximum atomic E-state index is 8.89. The fraction of sp³-hybridized carbons (Fsp3) is 0.833. The van der Waals surface area contributed by atoms with Gasteiger partial charge in [0.25, 0.3) is 0 Å². The van der Waals surface area contributed by atoms with Gasteiger partial charge in [0.15, 0.2) is 0 Å². The second kappa shape index (κ2) is 22.6. The molecule has 0 aliphatic heterocycles. The molecule has 84 valence electrons. The predicted octanol–water partition coefficient (Wildman–Crippen LogP) is -2.38. The van der Waals surface area contributed by atoms with Crippen molar-refractivity contribution < 1.29 is 27.0 Å². The first-order valence-corrected chi connectivity index (χ1v) is 3.43. The summed E-state index contributed by atoms with van der Waals surface area (Å²) in [5.74, 6) is -1.08. The van der Waals surface area contributed by atoms with Crippen molar-refractivity contribution in [3.05, 3.63) is 0 Å². The van der Waals surface area contributed by atoms with E-state index in [-0.39, 0.29) is 23.2 Å². The molecule has 0 heterocycles. The summed E-state index contributed by atoms with van der Waals surface area (Å²) >= 11 is 0. The van der Waals surface area contributed by atoms with Crippen LogP contribution >= 0.6 is 0 Å². The van der Waals surface area contributed by atoms with Gasteiger partial charge in [-0.15, -0.1) is 0 Å². The molecule has 0 fully saturated rings. The number of nitrogens with two attached hydrogens (primary N) is 2. The molecule has 0 aromatic rings. The van der Waals surface area contributed by atoms with Gasteiger partial charge in [0, 0.05) is 49.2 Å². The van der Waals surface area contributed by atoms with Crippen LogP contribution in [0.15, 0.2) is 0 Å². The zero-order chi connectivity index (χ0) is 9.11. The van der Waals surface area contributed by atoms with Gasteiger partial charge in [-0.3, -0.25) is 0 Å². The summed E-state index contributed by atoms with van der Waals surface area (Å²) in [7, 11) is 0. The molecule has 13 heavy (non-hydrogen) atoms. The Bertz CT molecular complexity index is 86.7. The Labute approximate surface area is 89.5 Å². The third-order valence-electron chi connectivity index (χ3n) is 0.642. The second-order valence-electron chi connectivity index (χ2n) is 1.82. The number of carbonyl (C=O) groups excluding carboxylic acids is 1. The van der Waals surface area contributed by atoms with Crippen LogP contribution in [0.3, 0.4) is 0 Å². The maximum absolute atomic E-state index is 8.89. The topological polar surface area (TPSA) is 141 Å². The molecule has 0 aliphatic carbocycles. The first-order valence-electron chi connectivity index (χ1n) is 3.43. The van der Waals surface area contributed by atoms with Gasteiger partial charge < -0.3 is 32.8 Å². The standard InChI is InChI=1S/C4H13N3.C2H4O2.Fe.H3N/c5-1-3-7-4-2-6;1-2(3)4;;/h7H,1-6H2;1H3,(H,3,4);;1H3. The molecule has 0 aromatic carbocycles. The first-order chi connectivity index (χ1) is 5.15. The van der Waals surface area contributed by atoms with E-state index in [0.717, 1.165) is 20.0 Å². The van der Waals surface area contributed by atoms with Crippen molar-refractivity contribution in [3.8, 4) is 0 Å². The number of rotatable bonds is 4. The van der Waals surface area contributed by atoms with Crippen molar-refractivity contribution in [2.45, 2.75) is 6.92 Å². The van der Waals surface area contributed by atoms with Crippen LogP contribution in [-0.2, 0) is 21.9 Å². The largest absolute Gasteiger partial charge is 0.550 e. The summed E-state index contributed by atoms with van der Waals surface area (Å²) in [6.45, 7) is 4.11. The molecule has 9 N–H and O–H groups in total. The van der Waals surface area contributed by atoms with Crippen molar-refractivity contribution in [1.29, 1.82) is 0 Å². The van der Waals surface area contributed by atoms with Crippen molar-refractivity contribution in [2.75, 3.05) is 26.2 Å². The van der Waals surface area contributed by atoms with Crippen LogP contribution in [0.25, 0.3) is 0 Å². The van der Waals surface area contributed by atoms with E-state index in [1.54, 1.807) is 0 Å². The number of carboxylic acid groups (broad SMARTS) is 1. The van der Waals surface area contributed by atoms with Gasteiger partial charge in [0.1, 0.15) is 0 Å². The van der Waals surface area contributed by atoms with E-state index in [2.05, 4.69) is 5.32 Å². The van der Waals surface area contributed by atoms with Gasteiger partial charge in [-0.2, -0.15) is 0 Å². The van der Waals surface area contributed by atoms with Gasteiger partial charge in [-0.05, 0) is 6.92 Å². The predicted molar refractivity (Wildman–Crippen MR) is 47.6 cm³/mol. The van der Waals surface area contributed by atoms with Gasteiger partial charge in [0.2, 0.25) is 0 Å². The van der Waals surface area contributed by atoms with E-state index < -0.39 is 5.97 Å². The Morgan fingerprint density at radius 2 is 1.54 bits per heavy atom. The Morgan fingerprint density at radius 3 is 1.69 bits per heavy atom. The van der Waals surface area contributed by atoms with Crippen LogP contribution in [-0.4, -0.2) is 32.1 Å². The number of hydrogen-bond acceptors (Lipinski definition) is 5. The minimum atomic E-state index is -1.08. The molecule has 0 bridgehead atoms. The summed E-state index contributed by atoms with van der Waals surface area (Å²) in [4.78, 5) is 8.89. The summed E-state index contributed by atoms with van der Waals surface area (Å²) in [5, 5.41) is 11.9. The molecule has 0 amide bonds. The second-order valence-corrected chi connectivity index (χ2v) is 1.82. The number of carboxylic acids is 1. The van der Waals surface area contributed by atoms with E-state index in [1.165, 1.54) is 0 Å². The minimum Gasteiger partial charge on any atom is -0.550 e. The monoisotopic (exact) mass is 236 g/mol.